The second kappa shape index (κ2) is 7.93. The van der Waals surface area contributed by atoms with E-state index in [4.69, 9.17) is 0 Å². The van der Waals surface area contributed by atoms with Gasteiger partial charge in [0.2, 0.25) is 5.91 Å². The summed E-state index contributed by atoms with van der Waals surface area (Å²) in [5.74, 6) is 0.374. The number of benzene rings is 2. The molecule has 0 spiro atoms. The van der Waals surface area contributed by atoms with Crippen molar-refractivity contribution in [1.82, 2.24) is 5.32 Å². The monoisotopic (exact) mass is 310 g/mol. The van der Waals surface area contributed by atoms with E-state index in [2.05, 4.69) is 18.3 Å². The third-order valence-corrected chi connectivity index (χ3v) is 4.16. The van der Waals surface area contributed by atoms with Crippen LogP contribution in [-0.4, -0.2) is 19.0 Å². The van der Waals surface area contributed by atoms with Gasteiger partial charge in [-0.15, -0.1) is 0 Å². The maximum Gasteiger partial charge on any atom is 0.248 e. The van der Waals surface area contributed by atoms with Crippen LogP contribution in [0.2, 0.25) is 0 Å². The molecule has 3 heteroatoms. The quantitative estimate of drug-likeness (QED) is 0.903. The van der Waals surface area contributed by atoms with E-state index in [1.807, 2.05) is 74.3 Å². The molecule has 0 fully saturated rings. The minimum atomic E-state index is -0.169. The van der Waals surface area contributed by atoms with Crippen LogP contribution in [0.25, 0.3) is 0 Å². The van der Waals surface area contributed by atoms with E-state index in [1.54, 1.807) is 0 Å². The van der Waals surface area contributed by atoms with Gasteiger partial charge in [-0.05, 0) is 43.1 Å². The first-order valence-corrected chi connectivity index (χ1v) is 8.36. The highest BCUT2D eigenvalue weighted by atomic mass is 16.2. The minimum absolute atomic E-state index is 0.112. The Hall–Kier alpha value is -2.13. The summed E-state index contributed by atoms with van der Waals surface area (Å²) in [6.07, 6.45) is 0.900. The first-order chi connectivity index (χ1) is 11.2. The van der Waals surface area contributed by atoms with Crippen LogP contribution >= 0.6 is 0 Å². The van der Waals surface area contributed by atoms with E-state index in [1.165, 1.54) is 5.56 Å². The molecule has 0 saturated heterocycles. The first-order valence-electron chi connectivity index (χ1n) is 8.36. The van der Waals surface area contributed by atoms with Gasteiger partial charge in [0.05, 0.1) is 11.7 Å². The Labute approximate surface area is 139 Å². The molecule has 0 aliphatic carbocycles. The number of likely N-dealkylation sites (N-methyl/N-ethyl adjacent to an activating group) is 1. The van der Waals surface area contributed by atoms with Crippen molar-refractivity contribution in [2.24, 2.45) is 5.92 Å². The molecule has 2 atom stereocenters. The maximum absolute atomic E-state index is 13.0. The fourth-order valence-electron chi connectivity index (χ4n) is 3.12. The lowest BCUT2D eigenvalue weighted by Crippen LogP contribution is -2.46. The maximum atomic E-state index is 13.0. The van der Waals surface area contributed by atoms with Crippen LogP contribution < -0.4 is 10.2 Å². The summed E-state index contributed by atoms with van der Waals surface area (Å²) in [5.41, 5.74) is 3.14. The van der Waals surface area contributed by atoms with Gasteiger partial charge in [-0.25, -0.2) is 0 Å². The Morgan fingerprint density at radius 2 is 1.61 bits per heavy atom. The van der Waals surface area contributed by atoms with Crippen LogP contribution in [0.4, 0.5) is 11.4 Å². The molecule has 0 radical (unpaired) electrons. The zero-order chi connectivity index (χ0) is 16.8. The Bertz CT molecular complexity index is 639. The van der Waals surface area contributed by atoms with E-state index in [0.29, 0.717) is 0 Å². The van der Waals surface area contributed by atoms with Crippen molar-refractivity contribution in [3.63, 3.8) is 0 Å². The van der Waals surface area contributed by atoms with E-state index >= 15 is 0 Å². The van der Waals surface area contributed by atoms with Gasteiger partial charge in [0.1, 0.15) is 0 Å². The Morgan fingerprint density at radius 3 is 2.26 bits per heavy atom. The molecular weight excluding hydrogens is 284 g/mol. The van der Waals surface area contributed by atoms with Gasteiger partial charge in [0.15, 0.2) is 0 Å². The largest absolute Gasteiger partial charge is 0.309 e. The third-order valence-electron chi connectivity index (χ3n) is 4.16. The Balaban J connectivity index is 0.000000924. The van der Waals surface area contributed by atoms with Gasteiger partial charge in [-0.1, -0.05) is 57.2 Å². The predicted octanol–water partition coefficient (Wildman–Crippen LogP) is 4.16. The number of carbonyl (C=O) groups excluding carboxylic acids is 1. The molecule has 3 nitrogen and oxygen atoms in total. The topological polar surface area (TPSA) is 32.3 Å². The molecule has 122 valence electrons. The number of rotatable bonds is 2. The first kappa shape index (κ1) is 17.2. The summed E-state index contributed by atoms with van der Waals surface area (Å²) in [6, 6.07) is 17.9. The van der Waals surface area contributed by atoms with Crippen molar-refractivity contribution in [1.29, 1.82) is 0 Å². The van der Waals surface area contributed by atoms with Gasteiger partial charge in [0, 0.05) is 5.69 Å². The molecule has 1 aliphatic heterocycles. The van der Waals surface area contributed by atoms with Crippen molar-refractivity contribution in [3.05, 3.63) is 60.2 Å². The number of hydrogen-bond donors (Lipinski definition) is 1. The predicted molar refractivity (Wildman–Crippen MR) is 97.1 cm³/mol. The second-order valence-corrected chi connectivity index (χ2v) is 5.59. The minimum Gasteiger partial charge on any atom is -0.309 e. The number of anilines is 2. The smallest absolute Gasteiger partial charge is 0.248 e. The highest BCUT2D eigenvalue weighted by Crippen LogP contribution is 2.34. The van der Waals surface area contributed by atoms with Crippen molar-refractivity contribution in [3.8, 4) is 0 Å². The number of para-hydroxylation sites is 2. The number of carbonyl (C=O) groups is 1. The summed E-state index contributed by atoms with van der Waals surface area (Å²) in [7, 11) is 1.86. The molecule has 1 N–H and O–H groups in total. The molecule has 0 saturated carbocycles. The van der Waals surface area contributed by atoms with Gasteiger partial charge in [-0.2, -0.15) is 0 Å². The van der Waals surface area contributed by atoms with Crippen LogP contribution in [0.15, 0.2) is 54.6 Å². The molecule has 1 amide bonds. The average Bonchev–Trinajstić information content (AvgIpc) is 2.70. The molecule has 2 aromatic rings. The van der Waals surface area contributed by atoms with Crippen LogP contribution in [-0.2, 0) is 11.2 Å². The fourth-order valence-corrected chi connectivity index (χ4v) is 3.12. The summed E-state index contributed by atoms with van der Waals surface area (Å²) in [4.78, 5) is 14.9. The molecule has 23 heavy (non-hydrogen) atoms. The molecule has 0 bridgehead atoms. The normalized spacial score (nSPS) is 20.2. The van der Waals surface area contributed by atoms with Gasteiger partial charge < -0.3 is 5.32 Å². The molecule has 0 aromatic heterocycles. The molecule has 2 aromatic carbocycles. The summed E-state index contributed by atoms with van der Waals surface area (Å²) < 4.78 is 0. The van der Waals surface area contributed by atoms with E-state index < -0.39 is 0 Å². The zero-order valence-corrected chi connectivity index (χ0v) is 14.4. The highest BCUT2D eigenvalue weighted by molar-refractivity contribution is 6.05. The molecule has 1 aliphatic rings. The van der Waals surface area contributed by atoms with Crippen LogP contribution in [0, 0.1) is 5.92 Å². The zero-order valence-electron chi connectivity index (χ0n) is 14.4. The molecule has 2 unspecified atom stereocenters. The Morgan fingerprint density at radius 1 is 1.00 bits per heavy atom. The van der Waals surface area contributed by atoms with Gasteiger partial charge in [-0.3, -0.25) is 9.69 Å². The summed E-state index contributed by atoms with van der Waals surface area (Å²) in [5, 5.41) is 3.19. The van der Waals surface area contributed by atoms with Crippen molar-refractivity contribution >= 4 is 17.3 Å². The lowest BCUT2D eigenvalue weighted by atomic mass is 9.95. The SMILES string of the molecule is CC.CNC1C(=O)N(c2ccccc2)c2ccccc2CC1C. The molecular formula is C20H26N2O. The second-order valence-electron chi connectivity index (χ2n) is 5.59. The number of nitrogens with one attached hydrogen (secondary N) is 1. The van der Waals surface area contributed by atoms with Crippen LogP contribution in [0.1, 0.15) is 26.3 Å². The lowest BCUT2D eigenvalue weighted by molar-refractivity contribution is -0.120. The number of hydrogen-bond acceptors (Lipinski definition) is 2. The van der Waals surface area contributed by atoms with Crippen molar-refractivity contribution in [2.75, 3.05) is 11.9 Å². The lowest BCUT2D eigenvalue weighted by Gasteiger charge is -2.27. The molecule has 1 heterocycles. The highest BCUT2D eigenvalue weighted by Gasteiger charge is 2.34. The van der Waals surface area contributed by atoms with E-state index in [-0.39, 0.29) is 17.9 Å². The van der Waals surface area contributed by atoms with Gasteiger partial charge in [0.25, 0.3) is 0 Å². The number of fused-ring (bicyclic) bond motifs is 1. The summed E-state index contributed by atoms with van der Waals surface area (Å²) in [6.45, 7) is 6.13. The summed E-state index contributed by atoms with van der Waals surface area (Å²) >= 11 is 0. The van der Waals surface area contributed by atoms with Gasteiger partial charge >= 0.3 is 0 Å². The van der Waals surface area contributed by atoms with Crippen molar-refractivity contribution in [2.45, 2.75) is 33.2 Å². The standard InChI is InChI=1S/C18H20N2O.C2H6/c1-13-12-14-8-6-7-11-16(14)20(18(21)17(13)19-2)15-9-4-3-5-10-15;1-2/h3-11,13,17,19H,12H2,1-2H3;1-2H3. The number of amides is 1. The fraction of sp³-hybridized carbons (Fsp3) is 0.350. The Kier molecular flexibility index (Phi) is 5.94. The van der Waals surface area contributed by atoms with Crippen LogP contribution in [0.3, 0.4) is 0 Å². The van der Waals surface area contributed by atoms with Crippen LogP contribution in [0.5, 0.6) is 0 Å². The van der Waals surface area contributed by atoms with E-state index in [0.717, 1.165) is 17.8 Å². The van der Waals surface area contributed by atoms with Crippen molar-refractivity contribution < 1.29 is 4.79 Å². The number of nitrogens with zero attached hydrogens (tertiary/aromatic N) is 1. The van der Waals surface area contributed by atoms with E-state index in [9.17, 15) is 4.79 Å². The third kappa shape index (κ3) is 3.45. The molecule has 3 rings (SSSR count). The average molecular weight is 310 g/mol.